The average Bonchev–Trinajstić information content (AvgIpc) is 2.40. The molecular weight excluding hydrogens is 278 g/mol. The zero-order chi connectivity index (χ0) is 11.7. The number of hydrogen-bond donors (Lipinski definition) is 0. The zero-order valence-corrected chi connectivity index (χ0v) is 11.6. The predicted octanol–water partition coefficient (Wildman–Crippen LogP) is 3.16. The molecule has 0 spiro atoms. The van der Waals surface area contributed by atoms with Crippen LogP contribution in [0.4, 0.5) is 0 Å². The van der Waals surface area contributed by atoms with Gasteiger partial charge in [-0.15, -0.1) is 0 Å². The van der Waals surface area contributed by atoms with E-state index in [-0.39, 0.29) is 0 Å². The van der Waals surface area contributed by atoms with Gasteiger partial charge in [0.1, 0.15) is 0 Å². The number of rotatable bonds is 1. The first-order chi connectivity index (χ1) is 8.36. The summed E-state index contributed by atoms with van der Waals surface area (Å²) in [6, 6.07) is 7.25. The molecule has 1 aliphatic heterocycles. The molecule has 0 bridgehead atoms. The Bertz CT molecular complexity index is 401. The number of nitrogens with zero attached hydrogens (tertiary/aromatic N) is 1. The van der Waals surface area contributed by atoms with Crippen LogP contribution in [0.1, 0.15) is 30.0 Å². The van der Waals surface area contributed by atoms with Crippen molar-refractivity contribution in [3.8, 4) is 0 Å². The van der Waals surface area contributed by atoms with Crippen molar-refractivity contribution in [2.75, 3.05) is 26.3 Å². The van der Waals surface area contributed by atoms with Crippen molar-refractivity contribution >= 4 is 15.9 Å². The molecule has 0 saturated carbocycles. The minimum absolute atomic E-state index is 0.611. The molecule has 2 nitrogen and oxygen atoms in total. The van der Waals surface area contributed by atoms with E-state index in [2.05, 4.69) is 39.0 Å². The number of fused-ring (bicyclic) bond motifs is 1. The molecular formula is C14H18BrNO. The van der Waals surface area contributed by atoms with Crippen molar-refractivity contribution in [3.63, 3.8) is 0 Å². The normalized spacial score (nSPS) is 25.6. The standard InChI is InChI=1S/C14H18BrNO/c15-13-5-1-4-12-11(13)3-2-6-14(12)16-7-9-17-10-8-16/h1,4-5,14H,2-3,6-10H2. The SMILES string of the molecule is Brc1cccc2c1CCCC2N1CCOCC1. The summed E-state index contributed by atoms with van der Waals surface area (Å²) in [6.07, 6.45) is 3.82. The molecule has 0 amide bonds. The van der Waals surface area contributed by atoms with Crippen molar-refractivity contribution in [1.29, 1.82) is 0 Å². The molecule has 2 aliphatic rings. The van der Waals surface area contributed by atoms with Gasteiger partial charge in [-0.1, -0.05) is 28.1 Å². The second-order valence-corrected chi connectivity index (χ2v) is 5.72. The third-order valence-electron chi connectivity index (χ3n) is 3.90. The third kappa shape index (κ3) is 2.28. The van der Waals surface area contributed by atoms with Crippen LogP contribution in [0.3, 0.4) is 0 Å². The minimum Gasteiger partial charge on any atom is -0.379 e. The Balaban J connectivity index is 1.90. The van der Waals surface area contributed by atoms with Gasteiger partial charge in [-0.3, -0.25) is 4.90 Å². The number of ether oxygens (including phenoxy) is 1. The van der Waals surface area contributed by atoms with E-state index in [0.717, 1.165) is 26.3 Å². The number of benzene rings is 1. The highest BCUT2D eigenvalue weighted by Crippen LogP contribution is 2.37. The number of halogens is 1. The molecule has 17 heavy (non-hydrogen) atoms. The lowest BCUT2D eigenvalue weighted by molar-refractivity contribution is 0.0124. The fourth-order valence-corrected chi connectivity index (χ4v) is 3.63. The van der Waals surface area contributed by atoms with Crippen LogP contribution in [0.2, 0.25) is 0 Å². The molecule has 3 rings (SSSR count). The van der Waals surface area contributed by atoms with Crippen LogP contribution in [-0.2, 0) is 11.2 Å². The first-order valence-electron chi connectivity index (χ1n) is 6.45. The van der Waals surface area contributed by atoms with Crippen LogP contribution in [0, 0.1) is 0 Å². The van der Waals surface area contributed by atoms with Crippen molar-refractivity contribution in [3.05, 3.63) is 33.8 Å². The summed E-state index contributed by atoms with van der Waals surface area (Å²) < 4.78 is 6.74. The molecule has 1 fully saturated rings. The van der Waals surface area contributed by atoms with Gasteiger partial charge in [0.25, 0.3) is 0 Å². The summed E-state index contributed by atoms with van der Waals surface area (Å²) in [5.41, 5.74) is 3.06. The Morgan fingerprint density at radius 2 is 2.06 bits per heavy atom. The molecule has 92 valence electrons. The van der Waals surface area contributed by atoms with Crippen molar-refractivity contribution in [2.24, 2.45) is 0 Å². The average molecular weight is 296 g/mol. The molecule has 1 aliphatic carbocycles. The Morgan fingerprint density at radius 1 is 1.24 bits per heavy atom. The Kier molecular flexibility index (Phi) is 3.50. The van der Waals surface area contributed by atoms with Crippen LogP contribution in [-0.4, -0.2) is 31.2 Å². The zero-order valence-electron chi connectivity index (χ0n) is 9.99. The van der Waals surface area contributed by atoms with E-state index < -0.39 is 0 Å². The maximum absolute atomic E-state index is 5.45. The minimum atomic E-state index is 0.611. The quantitative estimate of drug-likeness (QED) is 0.789. The molecule has 0 aromatic heterocycles. The van der Waals surface area contributed by atoms with E-state index in [1.54, 1.807) is 0 Å². The maximum atomic E-state index is 5.45. The van der Waals surface area contributed by atoms with E-state index in [9.17, 15) is 0 Å². The largest absolute Gasteiger partial charge is 0.379 e. The van der Waals surface area contributed by atoms with E-state index in [4.69, 9.17) is 4.74 Å². The first-order valence-corrected chi connectivity index (χ1v) is 7.24. The third-order valence-corrected chi connectivity index (χ3v) is 4.65. The summed E-state index contributed by atoms with van der Waals surface area (Å²) in [7, 11) is 0. The molecule has 1 unspecified atom stereocenters. The molecule has 1 heterocycles. The highest BCUT2D eigenvalue weighted by atomic mass is 79.9. The number of morpholine rings is 1. The summed E-state index contributed by atoms with van der Waals surface area (Å²) in [4.78, 5) is 2.59. The van der Waals surface area contributed by atoms with Gasteiger partial charge in [0.05, 0.1) is 13.2 Å². The second kappa shape index (κ2) is 5.09. The van der Waals surface area contributed by atoms with Crippen LogP contribution in [0.5, 0.6) is 0 Å². The van der Waals surface area contributed by atoms with E-state index in [1.165, 1.54) is 34.9 Å². The Labute approximate surface area is 111 Å². The molecule has 0 radical (unpaired) electrons. The van der Waals surface area contributed by atoms with Gasteiger partial charge in [0, 0.05) is 23.6 Å². The highest BCUT2D eigenvalue weighted by Gasteiger charge is 2.27. The van der Waals surface area contributed by atoms with Crippen LogP contribution >= 0.6 is 15.9 Å². The smallest absolute Gasteiger partial charge is 0.0594 e. The number of hydrogen-bond acceptors (Lipinski definition) is 2. The lowest BCUT2D eigenvalue weighted by atomic mass is 9.86. The van der Waals surface area contributed by atoms with Crippen LogP contribution in [0.15, 0.2) is 22.7 Å². The summed E-state index contributed by atoms with van der Waals surface area (Å²) in [5.74, 6) is 0. The topological polar surface area (TPSA) is 12.5 Å². The van der Waals surface area contributed by atoms with Gasteiger partial charge in [-0.05, 0) is 36.5 Å². The molecule has 3 heteroatoms. The van der Waals surface area contributed by atoms with Crippen LogP contribution < -0.4 is 0 Å². The molecule has 1 aromatic rings. The molecule has 0 N–H and O–H groups in total. The lowest BCUT2D eigenvalue weighted by Gasteiger charge is -2.38. The highest BCUT2D eigenvalue weighted by molar-refractivity contribution is 9.10. The van der Waals surface area contributed by atoms with Gasteiger partial charge in [-0.2, -0.15) is 0 Å². The second-order valence-electron chi connectivity index (χ2n) is 4.86. The van der Waals surface area contributed by atoms with Gasteiger partial charge in [-0.25, -0.2) is 0 Å². The monoisotopic (exact) mass is 295 g/mol. The predicted molar refractivity (Wildman–Crippen MR) is 72.2 cm³/mol. The maximum Gasteiger partial charge on any atom is 0.0594 e. The molecule has 1 saturated heterocycles. The summed E-state index contributed by atoms with van der Waals surface area (Å²) in [6.45, 7) is 3.94. The summed E-state index contributed by atoms with van der Waals surface area (Å²) >= 11 is 3.69. The molecule has 1 aromatic carbocycles. The van der Waals surface area contributed by atoms with Gasteiger partial charge in [0.2, 0.25) is 0 Å². The first kappa shape index (κ1) is 11.7. The fourth-order valence-electron chi connectivity index (χ4n) is 3.05. The van der Waals surface area contributed by atoms with E-state index >= 15 is 0 Å². The van der Waals surface area contributed by atoms with Gasteiger partial charge < -0.3 is 4.74 Å². The Hall–Kier alpha value is -0.380. The lowest BCUT2D eigenvalue weighted by Crippen LogP contribution is -2.40. The van der Waals surface area contributed by atoms with Crippen molar-refractivity contribution in [2.45, 2.75) is 25.3 Å². The van der Waals surface area contributed by atoms with E-state index in [1.807, 2.05) is 0 Å². The summed E-state index contributed by atoms with van der Waals surface area (Å²) in [5, 5.41) is 0. The van der Waals surface area contributed by atoms with Crippen molar-refractivity contribution in [1.82, 2.24) is 4.90 Å². The Morgan fingerprint density at radius 3 is 2.88 bits per heavy atom. The van der Waals surface area contributed by atoms with Crippen molar-refractivity contribution < 1.29 is 4.74 Å². The molecule has 1 atom stereocenters. The van der Waals surface area contributed by atoms with E-state index in [0.29, 0.717) is 6.04 Å². The fraction of sp³-hybridized carbons (Fsp3) is 0.571. The van der Waals surface area contributed by atoms with Gasteiger partial charge >= 0.3 is 0 Å². The van der Waals surface area contributed by atoms with Gasteiger partial charge in [0.15, 0.2) is 0 Å². The van der Waals surface area contributed by atoms with Crippen LogP contribution in [0.25, 0.3) is 0 Å².